The number of rotatable bonds is 7. The number of carbonyl (C=O) groups is 2. The van der Waals surface area contributed by atoms with Crippen LogP contribution in [-0.2, 0) is 14.9 Å². The zero-order valence-corrected chi connectivity index (χ0v) is 21.0. The number of esters is 1. The predicted molar refractivity (Wildman–Crippen MR) is 137 cm³/mol. The maximum absolute atomic E-state index is 13.4. The van der Waals surface area contributed by atoms with Gasteiger partial charge in [0.05, 0.1) is 7.11 Å². The summed E-state index contributed by atoms with van der Waals surface area (Å²) in [5.41, 5.74) is 1.60. The minimum absolute atomic E-state index is 0.0134. The second kappa shape index (κ2) is 10.6. The maximum atomic E-state index is 13.4. The normalized spacial score (nSPS) is 26.3. The van der Waals surface area contributed by atoms with E-state index in [1.54, 1.807) is 7.11 Å². The number of ether oxygens (including phenoxy) is 2. The molecule has 1 saturated heterocycles. The zero-order chi connectivity index (χ0) is 25.0. The fourth-order valence-corrected chi connectivity index (χ4v) is 6.10. The first-order valence-electron chi connectivity index (χ1n) is 12.3. The van der Waals surface area contributed by atoms with Gasteiger partial charge in [-0.1, -0.05) is 36.4 Å². The molecule has 6 nitrogen and oxygen atoms in total. The molecule has 2 aliphatic rings. The molecule has 1 unspecified atom stereocenters. The van der Waals surface area contributed by atoms with Crippen LogP contribution in [0.4, 0.5) is 0 Å². The molecule has 1 aliphatic carbocycles. The van der Waals surface area contributed by atoms with Crippen LogP contribution in [0.5, 0.6) is 5.75 Å². The van der Waals surface area contributed by atoms with E-state index in [-0.39, 0.29) is 35.4 Å². The van der Waals surface area contributed by atoms with Crippen LogP contribution in [0.1, 0.15) is 42.1 Å². The van der Waals surface area contributed by atoms with Crippen LogP contribution < -0.4 is 4.74 Å². The van der Waals surface area contributed by atoms with Crippen LogP contribution in [0, 0.1) is 5.92 Å². The molecular formula is C29H36N2O4. The number of hydrogen-bond acceptors (Lipinski definition) is 5. The second-order valence-electron chi connectivity index (χ2n) is 9.82. The van der Waals surface area contributed by atoms with E-state index in [4.69, 9.17) is 9.47 Å². The topological polar surface area (TPSA) is 59.1 Å². The number of nitrogens with zero attached hydrogens (tertiary/aromatic N) is 2. The van der Waals surface area contributed by atoms with E-state index in [1.807, 2.05) is 60.5 Å². The first-order chi connectivity index (χ1) is 16.9. The monoisotopic (exact) mass is 476 g/mol. The van der Waals surface area contributed by atoms with Crippen LogP contribution in [0.25, 0.3) is 0 Å². The van der Waals surface area contributed by atoms with E-state index in [9.17, 15) is 9.59 Å². The van der Waals surface area contributed by atoms with Crippen molar-refractivity contribution < 1.29 is 19.1 Å². The third-order valence-corrected chi connectivity index (χ3v) is 7.83. The standard InChI is InChI=1S/C29H36N2O4/c1-5-15-31-16-14-29(23-12-9-13-25(17-23)34-4)19-24(18-27(26(29)20-31)35-21(2)32)30(3)28(33)22-10-7-6-8-11-22/h5-13,17,24,26-27H,1,14-16,18-20H2,2-4H3/t24-,26-,27?,29-/m0/s1. The molecule has 0 bridgehead atoms. The van der Waals surface area contributed by atoms with Gasteiger partial charge in [0.25, 0.3) is 5.91 Å². The molecule has 4 rings (SSSR count). The summed E-state index contributed by atoms with van der Waals surface area (Å²) in [5.74, 6) is 0.612. The van der Waals surface area contributed by atoms with Crippen molar-refractivity contribution >= 4 is 11.9 Å². The van der Waals surface area contributed by atoms with Gasteiger partial charge in [-0.05, 0) is 49.2 Å². The Bertz CT molecular complexity index is 1060. The third kappa shape index (κ3) is 5.13. The van der Waals surface area contributed by atoms with Crippen LogP contribution in [0.15, 0.2) is 67.3 Å². The van der Waals surface area contributed by atoms with Crippen molar-refractivity contribution in [3.8, 4) is 5.75 Å². The van der Waals surface area contributed by atoms with Crippen molar-refractivity contribution in [3.05, 3.63) is 78.4 Å². The van der Waals surface area contributed by atoms with Crippen molar-refractivity contribution in [2.45, 2.75) is 43.7 Å². The van der Waals surface area contributed by atoms with Gasteiger partial charge in [-0.15, -0.1) is 6.58 Å². The highest BCUT2D eigenvalue weighted by atomic mass is 16.5. The lowest BCUT2D eigenvalue weighted by Gasteiger charge is -2.56. The number of hydrogen-bond donors (Lipinski definition) is 0. The van der Waals surface area contributed by atoms with E-state index in [2.05, 4.69) is 23.6 Å². The van der Waals surface area contributed by atoms with Gasteiger partial charge in [0.2, 0.25) is 0 Å². The minimum atomic E-state index is -0.295. The summed E-state index contributed by atoms with van der Waals surface area (Å²) >= 11 is 0. The summed E-state index contributed by atoms with van der Waals surface area (Å²) in [6, 6.07) is 17.6. The molecule has 2 aromatic carbocycles. The molecule has 2 aromatic rings. The first kappa shape index (κ1) is 25.0. The fraction of sp³-hybridized carbons (Fsp3) is 0.448. The van der Waals surface area contributed by atoms with Crippen molar-refractivity contribution in [2.75, 3.05) is 33.8 Å². The Morgan fingerprint density at radius 3 is 2.66 bits per heavy atom. The lowest BCUT2D eigenvalue weighted by atomic mass is 9.56. The Balaban J connectivity index is 1.75. The summed E-state index contributed by atoms with van der Waals surface area (Å²) in [5, 5.41) is 0. The molecule has 1 heterocycles. The Kier molecular flexibility index (Phi) is 7.60. The van der Waals surface area contributed by atoms with E-state index in [0.717, 1.165) is 38.2 Å². The maximum Gasteiger partial charge on any atom is 0.302 e. The fourth-order valence-electron chi connectivity index (χ4n) is 6.10. The number of likely N-dealkylation sites (tertiary alicyclic amines) is 1. The van der Waals surface area contributed by atoms with E-state index in [1.165, 1.54) is 12.5 Å². The molecular weight excluding hydrogens is 440 g/mol. The van der Waals surface area contributed by atoms with Gasteiger partial charge in [-0.3, -0.25) is 14.5 Å². The molecule has 2 fully saturated rings. The predicted octanol–water partition coefficient (Wildman–Crippen LogP) is 4.31. The lowest BCUT2D eigenvalue weighted by Crippen LogP contribution is -2.61. The molecule has 1 amide bonds. The van der Waals surface area contributed by atoms with E-state index in [0.29, 0.717) is 12.0 Å². The molecule has 1 aliphatic heterocycles. The van der Waals surface area contributed by atoms with E-state index < -0.39 is 0 Å². The van der Waals surface area contributed by atoms with Crippen molar-refractivity contribution in [2.24, 2.45) is 5.92 Å². The average Bonchev–Trinajstić information content (AvgIpc) is 2.88. The minimum Gasteiger partial charge on any atom is -0.497 e. The Morgan fingerprint density at radius 2 is 1.97 bits per heavy atom. The highest BCUT2D eigenvalue weighted by molar-refractivity contribution is 5.94. The Labute approximate surface area is 208 Å². The van der Waals surface area contributed by atoms with Gasteiger partial charge in [0, 0.05) is 56.4 Å². The SMILES string of the molecule is C=CCN1CC[C@@]2(c3cccc(OC)c3)C[C@@H](N(C)C(=O)c3ccccc3)CC(OC(C)=O)[C@@H]2C1. The van der Waals surface area contributed by atoms with Gasteiger partial charge in [0.15, 0.2) is 0 Å². The molecule has 0 spiro atoms. The molecule has 6 heteroatoms. The number of carbonyl (C=O) groups excluding carboxylic acids is 2. The summed E-state index contributed by atoms with van der Waals surface area (Å²) in [6.07, 6.45) is 3.96. The molecule has 0 aromatic heterocycles. The van der Waals surface area contributed by atoms with Crippen molar-refractivity contribution in [1.82, 2.24) is 9.80 Å². The highest BCUT2D eigenvalue weighted by Gasteiger charge is 2.54. The van der Waals surface area contributed by atoms with Gasteiger partial charge < -0.3 is 14.4 Å². The van der Waals surface area contributed by atoms with Gasteiger partial charge in [0.1, 0.15) is 11.9 Å². The molecule has 4 atom stereocenters. The number of benzene rings is 2. The summed E-state index contributed by atoms with van der Waals surface area (Å²) < 4.78 is 11.6. The quantitative estimate of drug-likeness (QED) is 0.440. The Morgan fingerprint density at radius 1 is 1.20 bits per heavy atom. The zero-order valence-electron chi connectivity index (χ0n) is 21.0. The number of methoxy groups -OCH3 is 1. The molecule has 0 radical (unpaired) electrons. The lowest BCUT2D eigenvalue weighted by molar-refractivity contribution is -0.158. The van der Waals surface area contributed by atoms with Gasteiger partial charge >= 0.3 is 5.97 Å². The average molecular weight is 477 g/mol. The van der Waals surface area contributed by atoms with Crippen LogP contribution in [-0.4, -0.2) is 67.6 Å². The van der Waals surface area contributed by atoms with Crippen molar-refractivity contribution in [3.63, 3.8) is 0 Å². The van der Waals surface area contributed by atoms with Gasteiger partial charge in [-0.25, -0.2) is 0 Å². The smallest absolute Gasteiger partial charge is 0.302 e. The number of fused-ring (bicyclic) bond motifs is 1. The first-order valence-corrected chi connectivity index (χ1v) is 12.3. The third-order valence-electron chi connectivity index (χ3n) is 7.83. The highest BCUT2D eigenvalue weighted by Crippen LogP contribution is 2.51. The number of amides is 1. The molecule has 186 valence electrons. The van der Waals surface area contributed by atoms with Crippen LogP contribution in [0.2, 0.25) is 0 Å². The summed E-state index contributed by atoms with van der Waals surface area (Å²) in [4.78, 5) is 29.8. The second-order valence-corrected chi connectivity index (χ2v) is 9.82. The Hall–Kier alpha value is -3.12. The summed E-state index contributed by atoms with van der Waals surface area (Å²) in [6.45, 7) is 7.91. The van der Waals surface area contributed by atoms with E-state index >= 15 is 0 Å². The molecule has 35 heavy (non-hydrogen) atoms. The van der Waals surface area contributed by atoms with Gasteiger partial charge in [-0.2, -0.15) is 0 Å². The summed E-state index contributed by atoms with van der Waals surface area (Å²) in [7, 11) is 3.55. The number of piperidine rings is 1. The van der Waals surface area contributed by atoms with Crippen LogP contribution in [0.3, 0.4) is 0 Å². The molecule has 0 N–H and O–H groups in total. The van der Waals surface area contributed by atoms with Crippen molar-refractivity contribution in [1.29, 1.82) is 0 Å². The van der Waals surface area contributed by atoms with Crippen LogP contribution >= 0.6 is 0 Å². The largest absolute Gasteiger partial charge is 0.497 e. The molecule has 1 saturated carbocycles.